The zero-order valence-electron chi connectivity index (χ0n) is 10.5. The van der Waals surface area contributed by atoms with Crippen LogP contribution >= 0.6 is 0 Å². The zero-order valence-corrected chi connectivity index (χ0v) is 10.5. The third-order valence-corrected chi connectivity index (χ3v) is 2.72. The predicted molar refractivity (Wildman–Crippen MR) is 68.1 cm³/mol. The van der Waals surface area contributed by atoms with Crippen LogP contribution in [0.5, 0.6) is 0 Å². The zero-order chi connectivity index (χ0) is 14.3. The summed E-state index contributed by atoms with van der Waals surface area (Å²) in [5, 5.41) is 11.4. The van der Waals surface area contributed by atoms with E-state index in [0.29, 0.717) is 0 Å². The molecule has 1 aromatic heterocycles. The van der Waals surface area contributed by atoms with Gasteiger partial charge in [0.2, 0.25) is 5.91 Å². The van der Waals surface area contributed by atoms with Gasteiger partial charge >= 0.3 is 5.97 Å². The van der Waals surface area contributed by atoms with Crippen molar-refractivity contribution in [2.45, 2.75) is 31.3 Å². The number of hydrogen-bond donors (Lipinski definition) is 5. The number of nitrogens with zero attached hydrogens (tertiary/aromatic N) is 1. The van der Waals surface area contributed by atoms with Crippen molar-refractivity contribution in [1.82, 2.24) is 15.3 Å². The Morgan fingerprint density at radius 2 is 2.32 bits per heavy atom. The van der Waals surface area contributed by atoms with Crippen molar-refractivity contribution in [2.75, 3.05) is 6.54 Å². The largest absolute Gasteiger partial charge is 0.480 e. The van der Waals surface area contributed by atoms with Gasteiger partial charge in [-0.25, -0.2) is 4.98 Å². The molecule has 1 amide bonds. The second-order valence-corrected chi connectivity index (χ2v) is 4.28. The number of H-pyrrole nitrogens is 1. The van der Waals surface area contributed by atoms with Gasteiger partial charge in [-0.3, -0.25) is 9.59 Å². The predicted octanol–water partition coefficient (Wildman–Crippen LogP) is -1.41. The van der Waals surface area contributed by atoms with Gasteiger partial charge in [-0.15, -0.1) is 0 Å². The second kappa shape index (κ2) is 7.49. The van der Waals surface area contributed by atoms with Gasteiger partial charge < -0.3 is 26.9 Å². The molecule has 0 radical (unpaired) electrons. The number of hydrogen-bond acceptors (Lipinski definition) is 5. The Morgan fingerprint density at radius 1 is 1.58 bits per heavy atom. The Balaban J connectivity index is 0.000000200. The van der Waals surface area contributed by atoms with E-state index >= 15 is 0 Å². The smallest absolute Gasteiger partial charge is 0.320 e. The lowest BCUT2D eigenvalue weighted by Gasteiger charge is -2.02. The molecule has 1 aromatic rings. The summed E-state index contributed by atoms with van der Waals surface area (Å²) in [5.41, 5.74) is 11.0. The molecule has 106 valence electrons. The highest BCUT2D eigenvalue weighted by atomic mass is 16.4. The van der Waals surface area contributed by atoms with Crippen molar-refractivity contribution in [1.29, 1.82) is 0 Å². The summed E-state index contributed by atoms with van der Waals surface area (Å²) in [5.74, 6) is -1.22. The van der Waals surface area contributed by atoms with Crippen molar-refractivity contribution < 1.29 is 14.7 Å². The van der Waals surface area contributed by atoms with Crippen LogP contribution in [0, 0.1) is 0 Å². The maximum Gasteiger partial charge on any atom is 0.320 e. The molecular formula is C11H19N5O3. The first kappa shape index (κ1) is 15.1. The van der Waals surface area contributed by atoms with Gasteiger partial charge in [0.15, 0.2) is 0 Å². The maximum absolute atomic E-state index is 10.4. The first-order valence-corrected chi connectivity index (χ1v) is 5.99. The molecule has 0 unspecified atom stereocenters. The summed E-state index contributed by atoms with van der Waals surface area (Å²) in [6, 6.07) is -0.898. The molecule has 8 heteroatoms. The number of nitrogens with one attached hydrogen (secondary N) is 2. The highest BCUT2D eigenvalue weighted by Crippen LogP contribution is 2.02. The number of carboxylic acids is 1. The summed E-state index contributed by atoms with van der Waals surface area (Å²) in [6.45, 7) is 0.938. The second-order valence-electron chi connectivity index (χ2n) is 4.28. The van der Waals surface area contributed by atoms with E-state index in [2.05, 4.69) is 15.3 Å². The Labute approximate surface area is 110 Å². The fourth-order valence-electron chi connectivity index (χ4n) is 1.65. The van der Waals surface area contributed by atoms with E-state index in [9.17, 15) is 9.59 Å². The van der Waals surface area contributed by atoms with Crippen molar-refractivity contribution >= 4 is 11.9 Å². The number of nitrogens with two attached hydrogens (primary N) is 2. The summed E-state index contributed by atoms with van der Waals surface area (Å²) < 4.78 is 0. The molecule has 19 heavy (non-hydrogen) atoms. The van der Waals surface area contributed by atoms with Gasteiger partial charge in [0.05, 0.1) is 12.4 Å². The first-order chi connectivity index (χ1) is 9.00. The topological polar surface area (TPSA) is 147 Å². The first-order valence-electron chi connectivity index (χ1n) is 5.99. The van der Waals surface area contributed by atoms with Crippen LogP contribution in [-0.2, 0) is 16.0 Å². The number of carbonyl (C=O) groups excluding carboxylic acids is 1. The van der Waals surface area contributed by atoms with Gasteiger partial charge in [-0.2, -0.15) is 0 Å². The van der Waals surface area contributed by atoms with Gasteiger partial charge in [0.25, 0.3) is 0 Å². The Kier molecular flexibility index (Phi) is 5.97. The monoisotopic (exact) mass is 269 g/mol. The van der Waals surface area contributed by atoms with E-state index in [1.54, 1.807) is 6.20 Å². The van der Waals surface area contributed by atoms with Gasteiger partial charge in [-0.05, 0) is 19.4 Å². The molecule has 7 N–H and O–H groups in total. The van der Waals surface area contributed by atoms with Crippen LogP contribution < -0.4 is 16.8 Å². The molecule has 0 saturated carbocycles. The molecule has 2 atom stereocenters. The minimum absolute atomic E-state index is 0.0463. The maximum atomic E-state index is 10.4. The van der Waals surface area contributed by atoms with Gasteiger partial charge in [-0.1, -0.05) is 0 Å². The van der Waals surface area contributed by atoms with Gasteiger partial charge in [0.1, 0.15) is 6.04 Å². The minimum atomic E-state index is -1.00. The number of primary amides is 1. The molecule has 1 aliphatic rings. The summed E-state index contributed by atoms with van der Waals surface area (Å²) >= 11 is 0. The lowest BCUT2D eigenvalue weighted by atomic mass is 10.2. The standard InChI is InChI=1S/C6H9N3O2.C5H10N2O/c7-5(6(10)11)1-4-2-8-3-9-4;6-5(8)4-2-1-3-7-4/h2-3,5H,1,7H2,(H,8,9)(H,10,11);4,7H,1-3H2,(H2,6,8)/t5-;4-/m00/s1. The van der Waals surface area contributed by atoms with E-state index in [4.69, 9.17) is 16.6 Å². The van der Waals surface area contributed by atoms with Crippen LogP contribution in [0.2, 0.25) is 0 Å². The molecule has 0 aliphatic carbocycles. The minimum Gasteiger partial charge on any atom is -0.480 e. The lowest BCUT2D eigenvalue weighted by Crippen LogP contribution is -2.36. The molecule has 2 heterocycles. The lowest BCUT2D eigenvalue weighted by molar-refractivity contribution is -0.138. The molecular weight excluding hydrogens is 250 g/mol. The highest BCUT2D eigenvalue weighted by Gasteiger charge is 2.18. The SMILES string of the molecule is NC(=O)[C@@H]1CCCN1.N[C@@H](Cc1cnc[nH]1)C(=O)O. The molecule has 1 aliphatic heterocycles. The molecule has 8 nitrogen and oxygen atoms in total. The van der Waals surface area contributed by atoms with Crippen molar-refractivity contribution in [3.8, 4) is 0 Å². The van der Waals surface area contributed by atoms with E-state index in [0.717, 1.165) is 25.1 Å². The van der Waals surface area contributed by atoms with E-state index < -0.39 is 12.0 Å². The van der Waals surface area contributed by atoms with Crippen molar-refractivity contribution in [2.24, 2.45) is 11.5 Å². The number of carboxylic acid groups (broad SMARTS) is 1. The number of imidazole rings is 1. The Bertz CT molecular complexity index is 400. The van der Waals surface area contributed by atoms with Gasteiger partial charge in [0, 0.05) is 18.3 Å². The summed E-state index contributed by atoms with van der Waals surface area (Å²) in [6.07, 6.45) is 5.32. The van der Waals surface area contributed by atoms with Crippen molar-refractivity contribution in [3.63, 3.8) is 0 Å². The number of aliphatic carboxylic acids is 1. The normalized spacial score (nSPS) is 19.3. The average Bonchev–Trinajstić information content (AvgIpc) is 3.02. The molecule has 0 aromatic carbocycles. The highest BCUT2D eigenvalue weighted by molar-refractivity contribution is 5.80. The van der Waals surface area contributed by atoms with E-state index in [1.165, 1.54) is 6.33 Å². The van der Waals surface area contributed by atoms with Crippen LogP contribution in [-0.4, -0.2) is 45.6 Å². The average molecular weight is 269 g/mol. The number of rotatable bonds is 4. The third-order valence-electron chi connectivity index (χ3n) is 2.72. The third kappa shape index (κ3) is 5.49. The quantitative estimate of drug-likeness (QED) is 0.453. The van der Waals surface area contributed by atoms with Crippen LogP contribution in [0.25, 0.3) is 0 Å². The summed E-state index contributed by atoms with van der Waals surface area (Å²) in [4.78, 5) is 27.1. The Hall–Kier alpha value is -1.93. The van der Waals surface area contributed by atoms with E-state index in [-0.39, 0.29) is 18.4 Å². The van der Waals surface area contributed by atoms with Crippen LogP contribution in [0.4, 0.5) is 0 Å². The number of amides is 1. The number of aromatic nitrogens is 2. The van der Waals surface area contributed by atoms with Crippen LogP contribution in [0.15, 0.2) is 12.5 Å². The molecule has 1 fully saturated rings. The molecule has 1 saturated heterocycles. The Morgan fingerprint density at radius 3 is 2.68 bits per heavy atom. The fraction of sp³-hybridized carbons (Fsp3) is 0.545. The number of aromatic amines is 1. The molecule has 0 bridgehead atoms. The van der Waals surface area contributed by atoms with Crippen LogP contribution in [0.1, 0.15) is 18.5 Å². The number of carbonyl (C=O) groups is 2. The van der Waals surface area contributed by atoms with Crippen LogP contribution in [0.3, 0.4) is 0 Å². The fourth-order valence-corrected chi connectivity index (χ4v) is 1.65. The molecule has 0 spiro atoms. The summed E-state index contributed by atoms with van der Waals surface area (Å²) in [7, 11) is 0. The van der Waals surface area contributed by atoms with E-state index in [1.807, 2.05) is 0 Å². The van der Waals surface area contributed by atoms with Crippen molar-refractivity contribution in [3.05, 3.63) is 18.2 Å². The molecule has 2 rings (SSSR count).